The van der Waals surface area contributed by atoms with E-state index >= 15 is 0 Å². The predicted octanol–water partition coefficient (Wildman–Crippen LogP) is 4.49. The van der Waals surface area contributed by atoms with Crippen LogP contribution in [0.1, 0.15) is 47.4 Å². The van der Waals surface area contributed by atoms with Crippen molar-refractivity contribution in [2.24, 2.45) is 7.05 Å². The maximum atomic E-state index is 13.2. The number of aryl methyl sites for hydroxylation is 2. The summed E-state index contributed by atoms with van der Waals surface area (Å²) >= 11 is 1.37. The molecule has 0 radical (unpaired) electrons. The maximum absolute atomic E-state index is 13.2. The van der Waals surface area contributed by atoms with Crippen LogP contribution in [0, 0.1) is 6.92 Å². The van der Waals surface area contributed by atoms with Gasteiger partial charge in [0.2, 0.25) is 5.91 Å². The fourth-order valence-electron chi connectivity index (χ4n) is 3.79. The Bertz CT molecular complexity index is 1350. The summed E-state index contributed by atoms with van der Waals surface area (Å²) in [5, 5.41) is 13.4. The summed E-state index contributed by atoms with van der Waals surface area (Å²) in [4.78, 5) is 33.7. The third-order valence-corrected chi connectivity index (χ3v) is 6.21. The van der Waals surface area contributed by atoms with Crippen molar-refractivity contribution in [2.45, 2.75) is 32.6 Å². The van der Waals surface area contributed by atoms with Crippen LogP contribution in [0.3, 0.4) is 0 Å². The molecule has 2 amide bonds. The van der Waals surface area contributed by atoms with Crippen molar-refractivity contribution in [3.05, 3.63) is 52.7 Å². The molecule has 162 valence electrons. The van der Waals surface area contributed by atoms with E-state index in [1.165, 1.54) is 18.3 Å². The number of carbonyl (C=O) groups is 2. The molecule has 9 heteroatoms. The van der Waals surface area contributed by atoms with Crippen molar-refractivity contribution < 1.29 is 9.59 Å². The van der Waals surface area contributed by atoms with Gasteiger partial charge in [-0.2, -0.15) is 5.10 Å². The summed E-state index contributed by atoms with van der Waals surface area (Å²) in [6.45, 7) is 3.37. The number of nitrogens with zero attached hydrogens (tertiary/aromatic N) is 4. The van der Waals surface area contributed by atoms with Crippen molar-refractivity contribution in [1.29, 1.82) is 0 Å². The molecule has 1 fully saturated rings. The number of aromatic nitrogens is 4. The molecule has 1 aliphatic carbocycles. The Kier molecular flexibility index (Phi) is 4.97. The third-order valence-electron chi connectivity index (χ3n) is 5.45. The quantitative estimate of drug-likeness (QED) is 0.470. The number of hydrogen-bond donors (Lipinski definition) is 2. The third kappa shape index (κ3) is 3.87. The topological polar surface area (TPSA) is 102 Å². The molecule has 8 nitrogen and oxygen atoms in total. The van der Waals surface area contributed by atoms with Crippen LogP contribution in [0.4, 0.5) is 10.8 Å². The van der Waals surface area contributed by atoms with Gasteiger partial charge in [-0.3, -0.25) is 19.6 Å². The lowest BCUT2D eigenvalue weighted by Gasteiger charge is -2.07. The first kappa shape index (κ1) is 20.3. The van der Waals surface area contributed by atoms with Gasteiger partial charge in [-0.1, -0.05) is 12.1 Å². The Morgan fingerprint density at radius 3 is 2.56 bits per heavy atom. The molecule has 4 aromatic rings. The van der Waals surface area contributed by atoms with Crippen LogP contribution < -0.4 is 10.6 Å². The Labute approximate surface area is 188 Å². The van der Waals surface area contributed by atoms with E-state index in [1.54, 1.807) is 4.68 Å². The smallest absolute Gasteiger partial charge is 0.258 e. The summed E-state index contributed by atoms with van der Waals surface area (Å²) in [6.07, 6.45) is 2.21. The monoisotopic (exact) mass is 446 g/mol. The molecule has 0 saturated heterocycles. The van der Waals surface area contributed by atoms with E-state index in [1.807, 2.05) is 49.7 Å². The summed E-state index contributed by atoms with van der Waals surface area (Å²) in [5.74, 6) is 0.0979. The van der Waals surface area contributed by atoms with E-state index in [-0.39, 0.29) is 11.8 Å². The second-order valence-electron chi connectivity index (χ2n) is 8.03. The lowest BCUT2D eigenvalue weighted by Crippen LogP contribution is -2.13. The molecule has 1 aliphatic rings. The zero-order chi connectivity index (χ0) is 22.4. The zero-order valence-electron chi connectivity index (χ0n) is 18.0. The van der Waals surface area contributed by atoms with Gasteiger partial charge in [0.05, 0.1) is 22.3 Å². The van der Waals surface area contributed by atoms with Crippen LogP contribution in [-0.2, 0) is 11.8 Å². The Morgan fingerprint density at radius 1 is 1.12 bits per heavy atom. The van der Waals surface area contributed by atoms with E-state index in [2.05, 4.69) is 20.7 Å². The van der Waals surface area contributed by atoms with Crippen LogP contribution in [0.15, 0.2) is 35.7 Å². The molecule has 0 spiro atoms. The van der Waals surface area contributed by atoms with E-state index in [9.17, 15) is 9.59 Å². The average Bonchev–Trinajstić information content (AvgIpc) is 3.44. The molecule has 32 heavy (non-hydrogen) atoms. The average molecular weight is 447 g/mol. The van der Waals surface area contributed by atoms with E-state index in [4.69, 9.17) is 4.98 Å². The highest BCUT2D eigenvalue weighted by Crippen LogP contribution is 2.40. The van der Waals surface area contributed by atoms with Crippen LogP contribution in [0.2, 0.25) is 0 Å². The number of amides is 2. The van der Waals surface area contributed by atoms with Gasteiger partial charge in [0.25, 0.3) is 5.91 Å². The van der Waals surface area contributed by atoms with Crippen LogP contribution >= 0.6 is 11.3 Å². The number of rotatable bonds is 5. The van der Waals surface area contributed by atoms with Crippen molar-refractivity contribution in [1.82, 2.24) is 19.7 Å². The molecule has 0 atom stereocenters. The summed E-state index contributed by atoms with van der Waals surface area (Å²) < 4.78 is 1.74. The molecule has 3 heterocycles. The lowest BCUT2D eigenvalue weighted by molar-refractivity contribution is -0.114. The fourth-order valence-corrected chi connectivity index (χ4v) is 4.50. The van der Waals surface area contributed by atoms with Gasteiger partial charge in [-0.25, -0.2) is 9.97 Å². The number of thiazole rings is 1. The maximum Gasteiger partial charge on any atom is 0.258 e. The highest BCUT2D eigenvalue weighted by Gasteiger charge is 2.28. The summed E-state index contributed by atoms with van der Waals surface area (Å²) in [6, 6.07) is 9.33. The minimum atomic E-state index is -0.211. The molecule has 2 N–H and O–H groups in total. The number of benzene rings is 1. The minimum absolute atomic E-state index is 0.115. The molecule has 0 aliphatic heterocycles. The number of anilines is 2. The van der Waals surface area contributed by atoms with Gasteiger partial charge in [-0.05, 0) is 38.0 Å². The van der Waals surface area contributed by atoms with Crippen LogP contribution in [0.5, 0.6) is 0 Å². The number of pyridine rings is 1. The second-order valence-corrected chi connectivity index (χ2v) is 8.89. The van der Waals surface area contributed by atoms with Crippen molar-refractivity contribution in [2.75, 3.05) is 10.6 Å². The normalized spacial score (nSPS) is 13.3. The Morgan fingerprint density at radius 2 is 1.88 bits per heavy atom. The molecule has 0 unspecified atom stereocenters. The Balaban J connectivity index is 1.41. The number of carbonyl (C=O) groups excluding carboxylic acids is 2. The van der Waals surface area contributed by atoms with Gasteiger partial charge >= 0.3 is 0 Å². The van der Waals surface area contributed by atoms with Crippen LogP contribution in [-0.4, -0.2) is 31.6 Å². The van der Waals surface area contributed by atoms with E-state index in [0.29, 0.717) is 16.6 Å². The van der Waals surface area contributed by atoms with Crippen molar-refractivity contribution >= 4 is 45.0 Å². The molecule has 1 saturated carbocycles. The number of nitrogens with one attached hydrogen (secondary N) is 2. The van der Waals surface area contributed by atoms with Gasteiger partial charge in [0, 0.05) is 42.2 Å². The number of hydrogen-bond acceptors (Lipinski definition) is 6. The SMILES string of the molecule is CC(=O)Nc1ccc(-c2csc(NC(=O)c3cc(C4CC4)nc4c3c(C)nn4C)n2)cc1. The first-order chi connectivity index (χ1) is 15.4. The van der Waals surface area contributed by atoms with E-state index in [0.717, 1.165) is 52.2 Å². The standard InChI is InChI=1S/C23H22N6O2S/c1-12-20-17(10-18(14-4-5-14)25-21(20)29(3)28-12)22(31)27-23-26-19(11-32-23)15-6-8-16(9-7-15)24-13(2)30/h6-11,14H,4-5H2,1-3H3,(H,24,30)(H,26,27,31). The van der Waals surface area contributed by atoms with Gasteiger partial charge < -0.3 is 5.32 Å². The second kappa shape index (κ2) is 7.83. The number of fused-ring (bicyclic) bond motifs is 1. The highest BCUT2D eigenvalue weighted by atomic mass is 32.1. The Hall–Kier alpha value is -3.59. The van der Waals surface area contributed by atoms with Crippen LogP contribution in [0.25, 0.3) is 22.3 Å². The first-order valence-corrected chi connectivity index (χ1v) is 11.3. The van der Waals surface area contributed by atoms with Crippen molar-refractivity contribution in [3.8, 4) is 11.3 Å². The molecule has 0 bridgehead atoms. The van der Waals surface area contributed by atoms with E-state index < -0.39 is 0 Å². The molecular formula is C23H22N6O2S. The van der Waals surface area contributed by atoms with Gasteiger partial charge in [0.15, 0.2) is 10.8 Å². The van der Waals surface area contributed by atoms with Gasteiger partial charge in [0.1, 0.15) is 0 Å². The summed E-state index contributed by atoms with van der Waals surface area (Å²) in [5.41, 5.74) is 5.43. The predicted molar refractivity (Wildman–Crippen MR) is 125 cm³/mol. The molecule has 5 rings (SSSR count). The molecule has 3 aromatic heterocycles. The summed E-state index contributed by atoms with van der Waals surface area (Å²) in [7, 11) is 1.85. The lowest BCUT2D eigenvalue weighted by atomic mass is 10.1. The minimum Gasteiger partial charge on any atom is -0.326 e. The fraction of sp³-hybridized carbons (Fsp3) is 0.261. The van der Waals surface area contributed by atoms with Gasteiger partial charge in [-0.15, -0.1) is 11.3 Å². The highest BCUT2D eigenvalue weighted by molar-refractivity contribution is 7.14. The zero-order valence-corrected chi connectivity index (χ0v) is 18.8. The molecule has 1 aromatic carbocycles. The van der Waals surface area contributed by atoms with Crippen molar-refractivity contribution in [3.63, 3.8) is 0 Å². The largest absolute Gasteiger partial charge is 0.326 e. The first-order valence-electron chi connectivity index (χ1n) is 10.4. The molecular weight excluding hydrogens is 424 g/mol.